The number of pyridine rings is 1. The van der Waals surface area contributed by atoms with Crippen LogP contribution in [0.3, 0.4) is 0 Å². The standard InChI is InChI=1S/C21H22FN3O2/c1-21-11-13-24(20(27)17-8-4-5-12-23-17)18(21)9-10-19(26)25(21)14-15-6-2-3-7-16(15)22/h2-8,12,18H,9-11,13-14H2,1H3/t18-,21-/m0/s1. The van der Waals surface area contributed by atoms with Crippen molar-refractivity contribution in [3.63, 3.8) is 0 Å². The minimum Gasteiger partial charge on any atom is -0.332 e. The van der Waals surface area contributed by atoms with Crippen LogP contribution in [0.25, 0.3) is 0 Å². The smallest absolute Gasteiger partial charge is 0.272 e. The van der Waals surface area contributed by atoms with Crippen molar-refractivity contribution < 1.29 is 14.0 Å². The van der Waals surface area contributed by atoms with E-state index in [2.05, 4.69) is 4.98 Å². The summed E-state index contributed by atoms with van der Waals surface area (Å²) in [5.74, 6) is -0.399. The van der Waals surface area contributed by atoms with Crippen molar-refractivity contribution >= 4 is 11.8 Å². The van der Waals surface area contributed by atoms with E-state index in [-0.39, 0.29) is 30.2 Å². The average molecular weight is 367 g/mol. The van der Waals surface area contributed by atoms with E-state index in [9.17, 15) is 14.0 Å². The number of carbonyl (C=O) groups is 2. The fraction of sp³-hybridized carbons (Fsp3) is 0.381. The molecule has 5 nitrogen and oxygen atoms in total. The summed E-state index contributed by atoms with van der Waals surface area (Å²) in [6.07, 6.45) is 3.27. The number of hydrogen-bond acceptors (Lipinski definition) is 3. The predicted octanol–water partition coefficient (Wildman–Crippen LogP) is 3.02. The zero-order chi connectivity index (χ0) is 19.0. The Kier molecular flexibility index (Phi) is 4.42. The highest BCUT2D eigenvalue weighted by Gasteiger charge is 2.53. The van der Waals surface area contributed by atoms with Gasteiger partial charge in [0.1, 0.15) is 11.5 Å². The molecule has 2 amide bonds. The summed E-state index contributed by atoms with van der Waals surface area (Å²) in [5, 5.41) is 0. The molecule has 4 rings (SSSR count). The molecule has 2 saturated heterocycles. The third-order valence-electron chi connectivity index (χ3n) is 5.93. The molecule has 1 aromatic carbocycles. The van der Waals surface area contributed by atoms with Crippen molar-refractivity contribution in [1.82, 2.24) is 14.8 Å². The molecule has 2 atom stereocenters. The molecule has 0 bridgehead atoms. The molecule has 0 unspecified atom stereocenters. The van der Waals surface area contributed by atoms with E-state index in [1.807, 2.05) is 11.8 Å². The van der Waals surface area contributed by atoms with Crippen molar-refractivity contribution in [3.05, 3.63) is 65.7 Å². The van der Waals surface area contributed by atoms with Crippen molar-refractivity contribution in [2.45, 2.75) is 44.3 Å². The maximum atomic E-state index is 14.2. The summed E-state index contributed by atoms with van der Waals surface area (Å²) in [4.78, 5) is 33.4. The van der Waals surface area contributed by atoms with Gasteiger partial charge in [0.2, 0.25) is 5.91 Å². The number of amides is 2. The number of carbonyl (C=O) groups excluding carboxylic acids is 2. The predicted molar refractivity (Wildman–Crippen MR) is 98.3 cm³/mol. The largest absolute Gasteiger partial charge is 0.332 e. The summed E-state index contributed by atoms with van der Waals surface area (Å²) < 4.78 is 14.2. The number of rotatable bonds is 3. The van der Waals surface area contributed by atoms with Gasteiger partial charge in [-0.15, -0.1) is 0 Å². The highest BCUT2D eigenvalue weighted by molar-refractivity contribution is 5.93. The Hall–Kier alpha value is -2.76. The summed E-state index contributed by atoms with van der Waals surface area (Å²) in [6, 6.07) is 11.7. The number of hydrogen-bond donors (Lipinski definition) is 0. The number of likely N-dealkylation sites (tertiary alicyclic amines) is 2. The van der Waals surface area contributed by atoms with Gasteiger partial charge in [-0.05, 0) is 38.0 Å². The summed E-state index contributed by atoms with van der Waals surface area (Å²) in [5.41, 5.74) is 0.420. The van der Waals surface area contributed by atoms with Crippen LogP contribution in [0.15, 0.2) is 48.7 Å². The summed E-state index contributed by atoms with van der Waals surface area (Å²) >= 11 is 0. The van der Waals surface area contributed by atoms with Crippen LogP contribution in [0.1, 0.15) is 42.2 Å². The van der Waals surface area contributed by atoms with Gasteiger partial charge in [-0.1, -0.05) is 24.3 Å². The second kappa shape index (κ2) is 6.76. The van der Waals surface area contributed by atoms with Gasteiger partial charge in [-0.3, -0.25) is 14.6 Å². The monoisotopic (exact) mass is 367 g/mol. The molecule has 2 aromatic rings. The molecular formula is C21H22FN3O2. The fourth-order valence-corrected chi connectivity index (χ4v) is 4.41. The Morgan fingerprint density at radius 3 is 2.78 bits per heavy atom. The molecule has 2 aliphatic rings. The Morgan fingerprint density at radius 1 is 1.26 bits per heavy atom. The normalized spacial score (nSPS) is 24.8. The zero-order valence-electron chi connectivity index (χ0n) is 15.3. The lowest BCUT2D eigenvalue weighted by Gasteiger charge is -2.47. The van der Waals surface area contributed by atoms with Gasteiger partial charge >= 0.3 is 0 Å². The van der Waals surface area contributed by atoms with Crippen LogP contribution in [0.5, 0.6) is 0 Å². The Labute approximate surface area is 157 Å². The molecular weight excluding hydrogens is 345 g/mol. The van der Waals surface area contributed by atoms with Gasteiger partial charge in [0, 0.05) is 31.3 Å². The first kappa shape index (κ1) is 17.6. The van der Waals surface area contributed by atoms with Crippen LogP contribution in [0.4, 0.5) is 4.39 Å². The lowest BCUT2D eigenvalue weighted by molar-refractivity contribution is -0.144. The molecule has 0 radical (unpaired) electrons. The van der Waals surface area contributed by atoms with Crippen molar-refractivity contribution in [3.8, 4) is 0 Å². The SMILES string of the molecule is C[C@]12CCN(C(=O)c3ccccn3)[C@H]1CCC(=O)N2Cc1ccccc1F. The molecule has 27 heavy (non-hydrogen) atoms. The molecule has 2 aliphatic heterocycles. The highest BCUT2D eigenvalue weighted by Crippen LogP contribution is 2.41. The molecule has 0 spiro atoms. The second-order valence-corrected chi connectivity index (χ2v) is 7.45. The van der Waals surface area contributed by atoms with Gasteiger partial charge in [0.05, 0.1) is 11.6 Å². The van der Waals surface area contributed by atoms with Crippen LogP contribution < -0.4 is 0 Å². The van der Waals surface area contributed by atoms with E-state index < -0.39 is 5.54 Å². The van der Waals surface area contributed by atoms with E-state index >= 15 is 0 Å². The first-order valence-corrected chi connectivity index (χ1v) is 9.26. The lowest BCUT2D eigenvalue weighted by atomic mass is 9.83. The molecule has 2 fully saturated rings. The fourth-order valence-electron chi connectivity index (χ4n) is 4.41. The lowest BCUT2D eigenvalue weighted by Crippen LogP contribution is -2.60. The number of halogens is 1. The summed E-state index contributed by atoms with van der Waals surface area (Å²) in [7, 11) is 0. The van der Waals surface area contributed by atoms with Gasteiger partial charge in [0.15, 0.2) is 0 Å². The topological polar surface area (TPSA) is 53.5 Å². The number of nitrogens with zero attached hydrogens (tertiary/aromatic N) is 3. The van der Waals surface area contributed by atoms with Gasteiger partial charge < -0.3 is 9.80 Å². The third-order valence-corrected chi connectivity index (χ3v) is 5.93. The van der Waals surface area contributed by atoms with Crippen LogP contribution in [-0.4, -0.2) is 44.7 Å². The quantitative estimate of drug-likeness (QED) is 0.838. The van der Waals surface area contributed by atoms with Crippen molar-refractivity contribution in [1.29, 1.82) is 0 Å². The van der Waals surface area contributed by atoms with Gasteiger partial charge in [-0.2, -0.15) is 0 Å². The van der Waals surface area contributed by atoms with E-state index in [4.69, 9.17) is 0 Å². The molecule has 140 valence electrons. The van der Waals surface area contributed by atoms with E-state index in [1.54, 1.807) is 47.5 Å². The second-order valence-electron chi connectivity index (χ2n) is 7.45. The van der Waals surface area contributed by atoms with Crippen LogP contribution in [0, 0.1) is 5.82 Å². The van der Waals surface area contributed by atoms with Crippen LogP contribution in [-0.2, 0) is 11.3 Å². The van der Waals surface area contributed by atoms with E-state index in [0.29, 0.717) is 37.1 Å². The maximum absolute atomic E-state index is 14.2. The first-order valence-electron chi connectivity index (χ1n) is 9.26. The minimum absolute atomic E-state index is 0.0177. The number of piperidine rings is 1. The zero-order valence-corrected chi connectivity index (χ0v) is 15.3. The van der Waals surface area contributed by atoms with Crippen molar-refractivity contribution in [2.24, 2.45) is 0 Å². The molecule has 6 heteroatoms. The highest BCUT2D eigenvalue weighted by atomic mass is 19.1. The van der Waals surface area contributed by atoms with Crippen LogP contribution >= 0.6 is 0 Å². The molecule has 1 aromatic heterocycles. The van der Waals surface area contributed by atoms with Crippen molar-refractivity contribution in [2.75, 3.05) is 6.54 Å². The van der Waals surface area contributed by atoms with Gasteiger partial charge in [0.25, 0.3) is 5.91 Å². The van der Waals surface area contributed by atoms with E-state index in [0.717, 1.165) is 0 Å². The first-order chi connectivity index (χ1) is 13.0. The maximum Gasteiger partial charge on any atom is 0.272 e. The molecule has 3 heterocycles. The molecule has 0 saturated carbocycles. The number of benzene rings is 1. The molecule has 0 N–H and O–H groups in total. The van der Waals surface area contributed by atoms with Gasteiger partial charge in [-0.25, -0.2) is 4.39 Å². The summed E-state index contributed by atoms with van der Waals surface area (Å²) in [6.45, 7) is 2.81. The van der Waals surface area contributed by atoms with Crippen LogP contribution in [0.2, 0.25) is 0 Å². The van der Waals surface area contributed by atoms with E-state index in [1.165, 1.54) is 6.07 Å². The molecule has 0 aliphatic carbocycles. The minimum atomic E-state index is -0.498. The Balaban J connectivity index is 1.62. The Bertz CT molecular complexity index is 873. The average Bonchev–Trinajstić information content (AvgIpc) is 3.03. The third kappa shape index (κ3) is 2.99. The number of aromatic nitrogens is 1. The number of fused-ring (bicyclic) bond motifs is 1. The Morgan fingerprint density at radius 2 is 2.04 bits per heavy atom.